The van der Waals surface area contributed by atoms with E-state index >= 15 is 0 Å². The molecule has 1 aromatic carbocycles. The van der Waals surface area contributed by atoms with Crippen LogP contribution in [-0.2, 0) is 6.42 Å². The number of hydrogen-bond acceptors (Lipinski definition) is 4. The third-order valence-corrected chi connectivity index (χ3v) is 4.19. The molecule has 102 valence electrons. The number of fused-ring (bicyclic) bond motifs is 1. The van der Waals surface area contributed by atoms with Crippen LogP contribution in [0.15, 0.2) is 47.6 Å². The van der Waals surface area contributed by atoms with Crippen molar-refractivity contribution in [1.82, 2.24) is 4.98 Å². The van der Waals surface area contributed by atoms with Crippen molar-refractivity contribution >= 4 is 17.7 Å². The summed E-state index contributed by atoms with van der Waals surface area (Å²) in [5, 5.41) is 9.63. The lowest BCUT2D eigenvalue weighted by molar-refractivity contribution is 0.0696. The zero-order valence-electron chi connectivity index (χ0n) is 10.7. The first-order valence-corrected chi connectivity index (χ1v) is 7.27. The van der Waals surface area contributed by atoms with Crippen molar-refractivity contribution in [1.29, 1.82) is 0 Å². The Morgan fingerprint density at radius 3 is 2.90 bits per heavy atom. The second-order valence-electron chi connectivity index (χ2n) is 4.55. The molecule has 1 aromatic heterocycles. The number of benzene rings is 1. The molecule has 1 N–H and O–H groups in total. The molecule has 0 spiro atoms. The SMILES string of the molecule is O=C(O)c1ccc(SCC2Cc3ccccc3O2)nc1. The van der Waals surface area contributed by atoms with Gasteiger partial charge < -0.3 is 9.84 Å². The van der Waals surface area contributed by atoms with Crippen LogP contribution in [-0.4, -0.2) is 27.9 Å². The minimum Gasteiger partial charge on any atom is -0.489 e. The van der Waals surface area contributed by atoms with E-state index in [0.29, 0.717) is 0 Å². The number of thioether (sulfide) groups is 1. The molecule has 1 atom stereocenters. The molecular weight excluding hydrogens is 274 g/mol. The molecule has 0 saturated heterocycles. The minimum absolute atomic E-state index is 0.151. The summed E-state index contributed by atoms with van der Waals surface area (Å²) in [5.74, 6) is 0.810. The van der Waals surface area contributed by atoms with E-state index in [0.717, 1.165) is 22.9 Å². The van der Waals surface area contributed by atoms with E-state index in [-0.39, 0.29) is 11.7 Å². The van der Waals surface area contributed by atoms with Gasteiger partial charge in [0.15, 0.2) is 0 Å². The predicted molar refractivity (Wildman–Crippen MR) is 76.5 cm³/mol. The third kappa shape index (κ3) is 2.77. The lowest BCUT2D eigenvalue weighted by Crippen LogP contribution is -2.15. The second kappa shape index (κ2) is 5.54. The number of rotatable bonds is 4. The highest BCUT2D eigenvalue weighted by atomic mass is 32.2. The summed E-state index contributed by atoms with van der Waals surface area (Å²) in [6.45, 7) is 0. The molecule has 0 radical (unpaired) electrons. The standard InChI is InChI=1S/C15H13NO3S/c17-15(18)11-5-6-14(16-8-11)20-9-12-7-10-3-1-2-4-13(10)19-12/h1-6,8,12H,7,9H2,(H,17,18). The Balaban J connectivity index is 1.57. The highest BCUT2D eigenvalue weighted by Gasteiger charge is 2.22. The highest BCUT2D eigenvalue weighted by molar-refractivity contribution is 7.99. The van der Waals surface area contributed by atoms with E-state index in [2.05, 4.69) is 11.1 Å². The van der Waals surface area contributed by atoms with Crippen LogP contribution in [0.4, 0.5) is 0 Å². The molecule has 1 unspecified atom stereocenters. The first-order chi connectivity index (χ1) is 9.72. The van der Waals surface area contributed by atoms with Crippen molar-refractivity contribution in [2.75, 3.05) is 5.75 Å². The Labute approximate surface area is 120 Å². The van der Waals surface area contributed by atoms with Gasteiger partial charge in [0.1, 0.15) is 11.9 Å². The summed E-state index contributed by atoms with van der Waals surface area (Å²) in [6.07, 6.45) is 2.45. The van der Waals surface area contributed by atoms with Gasteiger partial charge in [-0.2, -0.15) is 0 Å². The van der Waals surface area contributed by atoms with Gasteiger partial charge in [-0.1, -0.05) is 18.2 Å². The Kier molecular flexibility index (Phi) is 3.60. The van der Waals surface area contributed by atoms with Crippen LogP contribution in [0.3, 0.4) is 0 Å². The van der Waals surface area contributed by atoms with Gasteiger partial charge in [0.25, 0.3) is 0 Å². The summed E-state index contributed by atoms with van der Waals surface area (Å²) in [6, 6.07) is 11.4. The van der Waals surface area contributed by atoms with Gasteiger partial charge in [0, 0.05) is 18.4 Å². The molecule has 0 aliphatic carbocycles. The maximum atomic E-state index is 10.7. The van der Waals surface area contributed by atoms with Gasteiger partial charge in [-0.15, -0.1) is 11.8 Å². The largest absolute Gasteiger partial charge is 0.489 e. The number of ether oxygens (including phenoxy) is 1. The van der Waals surface area contributed by atoms with Gasteiger partial charge in [-0.05, 0) is 23.8 Å². The fourth-order valence-corrected chi connectivity index (χ4v) is 2.95. The third-order valence-electron chi connectivity index (χ3n) is 3.11. The van der Waals surface area contributed by atoms with E-state index in [9.17, 15) is 4.79 Å². The lowest BCUT2D eigenvalue weighted by Gasteiger charge is -2.09. The van der Waals surface area contributed by atoms with Crippen LogP contribution in [0.1, 0.15) is 15.9 Å². The number of carbonyl (C=O) groups is 1. The Bertz CT molecular complexity index is 602. The maximum absolute atomic E-state index is 10.7. The van der Waals surface area contributed by atoms with Crippen molar-refractivity contribution in [3.8, 4) is 5.75 Å². The first-order valence-electron chi connectivity index (χ1n) is 6.29. The van der Waals surface area contributed by atoms with Crippen LogP contribution >= 0.6 is 11.8 Å². The summed E-state index contributed by atoms with van der Waals surface area (Å²) in [7, 11) is 0. The second-order valence-corrected chi connectivity index (χ2v) is 5.59. The van der Waals surface area contributed by atoms with Crippen molar-refractivity contribution in [3.05, 3.63) is 53.7 Å². The highest BCUT2D eigenvalue weighted by Crippen LogP contribution is 2.30. The first kappa shape index (κ1) is 13.0. The van der Waals surface area contributed by atoms with Crippen LogP contribution in [0.25, 0.3) is 0 Å². The fourth-order valence-electron chi connectivity index (χ4n) is 2.12. The number of pyridine rings is 1. The maximum Gasteiger partial charge on any atom is 0.337 e. The van der Waals surface area contributed by atoms with E-state index in [4.69, 9.17) is 9.84 Å². The number of carboxylic acid groups (broad SMARTS) is 1. The van der Waals surface area contributed by atoms with Crippen LogP contribution in [0, 0.1) is 0 Å². The van der Waals surface area contributed by atoms with Gasteiger partial charge >= 0.3 is 5.97 Å². The molecule has 0 fully saturated rings. The molecule has 5 heteroatoms. The average Bonchev–Trinajstić information content (AvgIpc) is 2.88. The van der Waals surface area contributed by atoms with Crippen molar-refractivity contribution in [3.63, 3.8) is 0 Å². The van der Waals surface area contributed by atoms with Gasteiger partial charge in [-0.25, -0.2) is 9.78 Å². The number of aromatic carboxylic acids is 1. The van der Waals surface area contributed by atoms with Crippen LogP contribution in [0.5, 0.6) is 5.75 Å². The summed E-state index contributed by atoms with van der Waals surface area (Å²) >= 11 is 1.58. The molecule has 20 heavy (non-hydrogen) atoms. The zero-order chi connectivity index (χ0) is 13.9. The molecule has 4 nitrogen and oxygen atoms in total. The monoisotopic (exact) mass is 287 g/mol. The topological polar surface area (TPSA) is 59.4 Å². The Morgan fingerprint density at radius 1 is 1.35 bits per heavy atom. The molecular formula is C15H13NO3S. The van der Waals surface area contributed by atoms with Gasteiger partial charge in [0.05, 0.1) is 10.6 Å². The predicted octanol–water partition coefficient (Wildman–Crippen LogP) is 2.88. The lowest BCUT2D eigenvalue weighted by atomic mass is 10.1. The molecule has 3 rings (SSSR count). The van der Waals surface area contributed by atoms with Crippen molar-refractivity contribution in [2.24, 2.45) is 0 Å². The van der Waals surface area contributed by atoms with E-state index < -0.39 is 5.97 Å². The zero-order valence-corrected chi connectivity index (χ0v) is 11.5. The molecule has 1 aliphatic heterocycles. The summed E-state index contributed by atoms with van der Waals surface area (Å²) in [4.78, 5) is 14.9. The molecule has 2 aromatic rings. The fraction of sp³-hybridized carbons (Fsp3) is 0.200. The van der Waals surface area contributed by atoms with E-state index in [1.807, 2.05) is 18.2 Å². The average molecular weight is 287 g/mol. The smallest absolute Gasteiger partial charge is 0.337 e. The van der Waals surface area contributed by atoms with Gasteiger partial charge in [0.2, 0.25) is 0 Å². The van der Waals surface area contributed by atoms with Crippen molar-refractivity contribution < 1.29 is 14.6 Å². The summed E-state index contributed by atoms with van der Waals surface area (Å²) < 4.78 is 5.85. The Hall–Kier alpha value is -2.01. The van der Waals surface area contributed by atoms with Crippen LogP contribution < -0.4 is 4.74 Å². The van der Waals surface area contributed by atoms with Gasteiger partial charge in [-0.3, -0.25) is 0 Å². The summed E-state index contributed by atoms with van der Waals surface area (Å²) in [5.41, 5.74) is 1.45. The minimum atomic E-state index is -0.955. The molecule has 0 bridgehead atoms. The molecule has 0 saturated carbocycles. The quantitative estimate of drug-likeness (QED) is 0.876. The van der Waals surface area contributed by atoms with E-state index in [1.165, 1.54) is 11.8 Å². The molecule has 2 heterocycles. The van der Waals surface area contributed by atoms with Crippen molar-refractivity contribution in [2.45, 2.75) is 17.6 Å². The van der Waals surface area contributed by atoms with E-state index in [1.54, 1.807) is 23.9 Å². The Morgan fingerprint density at radius 2 is 2.20 bits per heavy atom. The number of para-hydroxylation sites is 1. The molecule has 0 amide bonds. The number of hydrogen-bond donors (Lipinski definition) is 1. The number of carboxylic acids is 1. The normalized spacial score (nSPS) is 16.5. The number of aromatic nitrogens is 1. The van der Waals surface area contributed by atoms with Crippen LogP contribution in [0.2, 0.25) is 0 Å². The number of nitrogens with zero attached hydrogens (tertiary/aromatic N) is 1. The molecule has 1 aliphatic rings.